The molecule has 1 unspecified atom stereocenters. The first-order chi connectivity index (χ1) is 8.27. The third kappa shape index (κ3) is 2.40. The van der Waals surface area contributed by atoms with Crippen molar-refractivity contribution in [1.82, 2.24) is 9.97 Å². The third-order valence-electron chi connectivity index (χ3n) is 2.96. The molecule has 17 heavy (non-hydrogen) atoms. The second kappa shape index (κ2) is 5.42. The van der Waals surface area contributed by atoms with Crippen molar-refractivity contribution in [2.75, 3.05) is 18.1 Å². The van der Waals surface area contributed by atoms with Crippen molar-refractivity contribution < 1.29 is 5.11 Å². The number of hydrogen-bond acceptors (Lipinski definition) is 5. The third-order valence-corrected chi connectivity index (χ3v) is 3.86. The second-order valence-electron chi connectivity index (χ2n) is 4.01. The molecule has 0 fully saturated rings. The molecule has 0 radical (unpaired) electrons. The Balaban J connectivity index is 2.44. The van der Waals surface area contributed by atoms with Crippen LogP contribution in [0.25, 0.3) is 10.2 Å². The molecule has 0 aliphatic rings. The molecule has 92 valence electrons. The smallest absolute Gasteiger partial charge is 0.150 e. The van der Waals surface area contributed by atoms with Crippen molar-refractivity contribution in [3.05, 3.63) is 17.8 Å². The highest BCUT2D eigenvalue weighted by atomic mass is 32.1. The molecule has 2 heterocycles. The number of aliphatic hydroxyl groups is 1. The Hall–Kier alpha value is -1.20. The Kier molecular flexibility index (Phi) is 3.91. The fourth-order valence-electron chi connectivity index (χ4n) is 1.84. The van der Waals surface area contributed by atoms with Crippen molar-refractivity contribution in [1.29, 1.82) is 0 Å². The van der Waals surface area contributed by atoms with Crippen LogP contribution >= 0.6 is 11.3 Å². The molecule has 0 aromatic carbocycles. The first-order valence-electron chi connectivity index (χ1n) is 5.83. The number of anilines is 1. The van der Waals surface area contributed by atoms with Crippen LogP contribution in [-0.4, -0.2) is 34.3 Å². The van der Waals surface area contributed by atoms with Gasteiger partial charge in [0, 0.05) is 12.6 Å². The molecule has 1 atom stereocenters. The normalized spacial score (nSPS) is 12.9. The molecule has 2 aromatic heterocycles. The van der Waals surface area contributed by atoms with Gasteiger partial charge in [-0.05, 0) is 24.8 Å². The summed E-state index contributed by atoms with van der Waals surface area (Å²) in [5, 5.41) is 11.2. The maximum absolute atomic E-state index is 9.18. The fourth-order valence-corrected chi connectivity index (χ4v) is 2.69. The topological polar surface area (TPSA) is 49.2 Å². The van der Waals surface area contributed by atoms with E-state index in [4.69, 9.17) is 0 Å². The summed E-state index contributed by atoms with van der Waals surface area (Å²) >= 11 is 1.65. The molecule has 1 N–H and O–H groups in total. The molecule has 0 saturated heterocycles. The molecule has 0 spiro atoms. The van der Waals surface area contributed by atoms with Gasteiger partial charge < -0.3 is 10.0 Å². The molecule has 0 saturated carbocycles. The predicted octanol–water partition coefficient (Wildman–Crippen LogP) is 2.29. The van der Waals surface area contributed by atoms with Gasteiger partial charge in [0.05, 0.1) is 16.8 Å². The molecular weight excluding hydrogens is 234 g/mol. The minimum atomic E-state index is 0.140. The zero-order valence-corrected chi connectivity index (χ0v) is 10.9. The quantitative estimate of drug-likeness (QED) is 0.885. The Morgan fingerprint density at radius 3 is 3.00 bits per heavy atom. The Morgan fingerprint density at radius 2 is 2.29 bits per heavy atom. The Morgan fingerprint density at radius 1 is 1.47 bits per heavy atom. The van der Waals surface area contributed by atoms with E-state index in [2.05, 4.69) is 28.7 Å². The van der Waals surface area contributed by atoms with Gasteiger partial charge in [0.25, 0.3) is 0 Å². The summed E-state index contributed by atoms with van der Waals surface area (Å²) in [6, 6.07) is 2.36. The number of hydrogen-bond donors (Lipinski definition) is 1. The lowest BCUT2D eigenvalue weighted by Gasteiger charge is -2.29. The first-order valence-corrected chi connectivity index (χ1v) is 6.71. The van der Waals surface area contributed by atoms with Gasteiger partial charge in [0.2, 0.25) is 0 Å². The largest absolute Gasteiger partial charge is 0.395 e. The number of fused-ring (bicyclic) bond motifs is 1. The van der Waals surface area contributed by atoms with Gasteiger partial charge in [-0.15, -0.1) is 11.3 Å². The molecule has 0 amide bonds. The highest BCUT2D eigenvalue weighted by Gasteiger charge is 2.17. The van der Waals surface area contributed by atoms with Crippen molar-refractivity contribution >= 4 is 27.4 Å². The standard InChI is InChI=1S/C12H17N3OS/c1-3-9(2)15(5-6-16)12-11-10(4-7-17-11)13-8-14-12/h4,7-9,16H,3,5-6H2,1-2H3. The molecule has 0 aliphatic heterocycles. The van der Waals surface area contributed by atoms with Crippen LogP contribution in [0.15, 0.2) is 17.8 Å². The van der Waals surface area contributed by atoms with Crippen LogP contribution in [0.4, 0.5) is 5.82 Å². The van der Waals surface area contributed by atoms with Crippen molar-refractivity contribution in [2.45, 2.75) is 26.3 Å². The highest BCUT2D eigenvalue weighted by Crippen LogP contribution is 2.29. The minimum Gasteiger partial charge on any atom is -0.395 e. The summed E-state index contributed by atoms with van der Waals surface area (Å²) < 4.78 is 1.10. The lowest BCUT2D eigenvalue weighted by atomic mass is 10.2. The average molecular weight is 251 g/mol. The molecule has 5 heteroatoms. The first kappa shape index (κ1) is 12.3. The molecule has 2 rings (SSSR count). The van der Waals surface area contributed by atoms with Gasteiger partial charge in [-0.3, -0.25) is 0 Å². The Bertz CT molecular complexity index is 485. The van der Waals surface area contributed by atoms with E-state index in [1.807, 2.05) is 11.4 Å². The lowest BCUT2D eigenvalue weighted by Crippen LogP contribution is -2.35. The van der Waals surface area contributed by atoms with Gasteiger partial charge in [-0.25, -0.2) is 9.97 Å². The van der Waals surface area contributed by atoms with Crippen molar-refractivity contribution in [3.63, 3.8) is 0 Å². The molecule has 0 aliphatic carbocycles. The van der Waals surface area contributed by atoms with Gasteiger partial charge in [0.1, 0.15) is 12.1 Å². The number of aliphatic hydroxyl groups excluding tert-OH is 1. The average Bonchev–Trinajstić information content (AvgIpc) is 2.83. The summed E-state index contributed by atoms with van der Waals surface area (Å²) in [7, 11) is 0. The minimum absolute atomic E-state index is 0.140. The van der Waals surface area contributed by atoms with Crippen molar-refractivity contribution in [3.8, 4) is 0 Å². The fraction of sp³-hybridized carbons (Fsp3) is 0.500. The van der Waals surface area contributed by atoms with Gasteiger partial charge in [-0.2, -0.15) is 0 Å². The van der Waals surface area contributed by atoms with Crippen LogP contribution in [-0.2, 0) is 0 Å². The summed E-state index contributed by atoms with van der Waals surface area (Å²) in [6.07, 6.45) is 2.62. The van der Waals surface area contributed by atoms with E-state index < -0.39 is 0 Å². The SMILES string of the molecule is CCC(C)N(CCO)c1ncnc2ccsc12. The van der Waals surface area contributed by atoms with E-state index in [9.17, 15) is 5.11 Å². The number of aromatic nitrogens is 2. The maximum atomic E-state index is 9.18. The monoisotopic (exact) mass is 251 g/mol. The predicted molar refractivity (Wildman–Crippen MR) is 71.6 cm³/mol. The van der Waals surface area contributed by atoms with Crippen LogP contribution in [0.3, 0.4) is 0 Å². The zero-order chi connectivity index (χ0) is 12.3. The van der Waals surface area contributed by atoms with E-state index in [0.29, 0.717) is 12.6 Å². The van der Waals surface area contributed by atoms with Crippen LogP contribution in [0.5, 0.6) is 0 Å². The molecular formula is C12H17N3OS. The van der Waals surface area contributed by atoms with E-state index in [1.165, 1.54) is 0 Å². The summed E-state index contributed by atoms with van der Waals surface area (Å²) in [5.74, 6) is 0.938. The van der Waals surface area contributed by atoms with E-state index in [0.717, 1.165) is 22.5 Å². The van der Waals surface area contributed by atoms with Crippen LogP contribution in [0.2, 0.25) is 0 Å². The Labute approximate surface area is 105 Å². The van der Waals surface area contributed by atoms with Crippen LogP contribution in [0.1, 0.15) is 20.3 Å². The van der Waals surface area contributed by atoms with Crippen molar-refractivity contribution in [2.24, 2.45) is 0 Å². The number of thiophene rings is 1. The maximum Gasteiger partial charge on any atom is 0.150 e. The number of rotatable bonds is 5. The summed E-state index contributed by atoms with van der Waals surface area (Å²) in [4.78, 5) is 10.8. The highest BCUT2D eigenvalue weighted by molar-refractivity contribution is 7.17. The van der Waals surface area contributed by atoms with Gasteiger partial charge in [0.15, 0.2) is 0 Å². The lowest BCUT2D eigenvalue weighted by molar-refractivity contribution is 0.297. The van der Waals surface area contributed by atoms with E-state index in [-0.39, 0.29) is 6.61 Å². The number of nitrogens with zero attached hydrogens (tertiary/aromatic N) is 3. The van der Waals surface area contributed by atoms with Crippen LogP contribution < -0.4 is 4.90 Å². The molecule has 2 aromatic rings. The zero-order valence-electron chi connectivity index (χ0n) is 10.1. The van der Waals surface area contributed by atoms with Crippen LogP contribution in [0, 0.1) is 0 Å². The summed E-state index contributed by atoms with van der Waals surface area (Å²) in [6.45, 7) is 5.04. The molecule has 0 bridgehead atoms. The van der Waals surface area contributed by atoms with Gasteiger partial charge in [-0.1, -0.05) is 6.92 Å². The molecule has 4 nitrogen and oxygen atoms in total. The van der Waals surface area contributed by atoms with E-state index in [1.54, 1.807) is 17.7 Å². The van der Waals surface area contributed by atoms with Gasteiger partial charge >= 0.3 is 0 Å². The second-order valence-corrected chi connectivity index (χ2v) is 4.92. The van der Waals surface area contributed by atoms with E-state index >= 15 is 0 Å². The summed E-state index contributed by atoms with van der Waals surface area (Å²) in [5.41, 5.74) is 0.978.